The molecular weight excluding hydrogens is 266 g/mol. The molecule has 0 heterocycles. The molecule has 2 rings (SSSR count). The lowest BCUT2D eigenvalue weighted by molar-refractivity contribution is 0.0939. The van der Waals surface area contributed by atoms with Crippen molar-refractivity contribution < 1.29 is 14.3 Å². The van der Waals surface area contributed by atoms with Crippen LogP contribution < -0.4 is 14.8 Å². The Hall–Kier alpha value is -2.49. The van der Waals surface area contributed by atoms with E-state index >= 15 is 0 Å². The molecule has 1 N–H and O–H groups in total. The minimum absolute atomic E-state index is 0.118. The van der Waals surface area contributed by atoms with E-state index in [9.17, 15) is 4.79 Å². The van der Waals surface area contributed by atoms with Crippen molar-refractivity contribution in [2.24, 2.45) is 0 Å². The van der Waals surface area contributed by atoms with Gasteiger partial charge in [0.1, 0.15) is 11.5 Å². The molecule has 2 aromatic rings. The lowest BCUT2D eigenvalue weighted by Crippen LogP contribution is -2.26. The fourth-order valence-electron chi connectivity index (χ4n) is 2.13. The first kappa shape index (κ1) is 14.9. The van der Waals surface area contributed by atoms with E-state index in [2.05, 4.69) is 5.32 Å². The van der Waals surface area contributed by atoms with Crippen LogP contribution in [0.5, 0.6) is 11.5 Å². The van der Waals surface area contributed by atoms with Gasteiger partial charge in [-0.25, -0.2) is 0 Å². The standard InChI is InChI=1S/C17H19NO3/c1-12(18-17(19)13-7-5-4-6-8-13)15-11-14(20-2)9-10-16(15)21-3/h4-12H,1-3H3,(H,18,19)/t12-/m0/s1. The van der Waals surface area contributed by atoms with Gasteiger partial charge in [-0.05, 0) is 37.3 Å². The monoisotopic (exact) mass is 285 g/mol. The molecule has 0 radical (unpaired) electrons. The van der Waals surface area contributed by atoms with Gasteiger partial charge in [0, 0.05) is 11.1 Å². The fraction of sp³-hybridized carbons (Fsp3) is 0.235. The lowest BCUT2D eigenvalue weighted by Gasteiger charge is -2.18. The van der Waals surface area contributed by atoms with Crippen LogP contribution in [-0.4, -0.2) is 20.1 Å². The number of rotatable bonds is 5. The highest BCUT2D eigenvalue weighted by atomic mass is 16.5. The second kappa shape index (κ2) is 6.79. The summed E-state index contributed by atoms with van der Waals surface area (Å²) in [4.78, 5) is 12.2. The maximum absolute atomic E-state index is 12.2. The summed E-state index contributed by atoms with van der Waals surface area (Å²) in [7, 11) is 3.22. The molecule has 0 fully saturated rings. The van der Waals surface area contributed by atoms with Crippen molar-refractivity contribution in [2.75, 3.05) is 14.2 Å². The van der Waals surface area contributed by atoms with Crippen LogP contribution in [0.4, 0.5) is 0 Å². The molecule has 1 amide bonds. The number of methoxy groups -OCH3 is 2. The van der Waals surface area contributed by atoms with Crippen LogP contribution in [0, 0.1) is 0 Å². The van der Waals surface area contributed by atoms with Crippen LogP contribution in [0.1, 0.15) is 28.9 Å². The molecule has 0 unspecified atom stereocenters. The van der Waals surface area contributed by atoms with Gasteiger partial charge >= 0.3 is 0 Å². The highest BCUT2D eigenvalue weighted by molar-refractivity contribution is 5.94. The Kier molecular flexibility index (Phi) is 4.82. The lowest BCUT2D eigenvalue weighted by atomic mass is 10.1. The minimum atomic E-state index is -0.192. The van der Waals surface area contributed by atoms with Crippen molar-refractivity contribution in [3.05, 3.63) is 59.7 Å². The minimum Gasteiger partial charge on any atom is -0.497 e. The van der Waals surface area contributed by atoms with Gasteiger partial charge in [0.25, 0.3) is 5.91 Å². The second-order valence-corrected chi connectivity index (χ2v) is 4.67. The molecule has 0 saturated carbocycles. The van der Waals surface area contributed by atoms with Crippen molar-refractivity contribution in [1.82, 2.24) is 5.32 Å². The van der Waals surface area contributed by atoms with E-state index in [0.29, 0.717) is 5.56 Å². The van der Waals surface area contributed by atoms with Crippen molar-refractivity contribution in [3.63, 3.8) is 0 Å². The van der Waals surface area contributed by atoms with Crippen LogP contribution in [0.25, 0.3) is 0 Å². The van der Waals surface area contributed by atoms with Gasteiger partial charge in [0.2, 0.25) is 0 Å². The number of ether oxygens (including phenoxy) is 2. The van der Waals surface area contributed by atoms with E-state index in [-0.39, 0.29) is 11.9 Å². The van der Waals surface area contributed by atoms with Gasteiger partial charge in [0.15, 0.2) is 0 Å². The van der Waals surface area contributed by atoms with Crippen molar-refractivity contribution >= 4 is 5.91 Å². The van der Waals surface area contributed by atoms with Crippen LogP contribution in [0.15, 0.2) is 48.5 Å². The molecule has 0 saturated heterocycles. The third kappa shape index (κ3) is 3.54. The number of nitrogens with one attached hydrogen (secondary N) is 1. The summed E-state index contributed by atoms with van der Waals surface area (Å²) in [5, 5.41) is 2.96. The molecular formula is C17H19NO3. The van der Waals surface area contributed by atoms with Crippen molar-refractivity contribution in [1.29, 1.82) is 0 Å². The smallest absolute Gasteiger partial charge is 0.251 e. The van der Waals surface area contributed by atoms with E-state index in [1.165, 1.54) is 0 Å². The summed E-state index contributed by atoms with van der Waals surface area (Å²) in [6.45, 7) is 1.91. The first-order valence-corrected chi connectivity index (χ1v) is 6.73. The van der Waals surface area contributed by atoms with Crippen LogP contribution in [-0.2, 0) is 0 Å². The van der Waals surface area contributed by atoms with Gasteiger partial charge in [-0.1, -0.05) is 18.2 Å². The van der Waals surface area contributed by atoms with E-state index in [4.69, 9.17) is 9.47 Å². The molecule has 0 aromatic heterocycles. The number of hydrogen-bond donors (Lipinski definition) is 1. The van der Waals surface area contributed by atoms with Gasteiger partial charge in [-0.2, -0.15) is 0 Å². The highest BCUT2D eigenvalue weighted by Crippen LogP contribution is 2.29. The van der Waals surface area contributed by atoms with E-state index in [0.717, 1.165) is 17.1 Å². The predicted octanol–water partition coefficient (Wildman–Crippen LogP) is 3.19. The zero-order valence-corrected chi connectivity index (χ0v) is 12.4. The van der Waals surface area contributed by atoms with E-state index < -0.39 is 0 Å². The molecule has 0 spiro atoms. The third-order valence-corrected chi connectivity index (χ3v) is 3.29. The molecule has 4 heteroatoms. The SMILES string of the molecule is COc1ccc(OC)c([C@H](C)NC(=O)c2ccccc2)c1. The quantitative estimate of drug-likeness (QED) is 0.917. The molecule has 1 atom stereocenters. The van der Waals surface area contributed by atoms with Gasteiger partial charge < -0.3 is 14.8 Å². The first-order chi connectivity index (χ1) is 10.2. The van der Waals surface area contributed by atoms with Gasteiger partial charge in [0.05, 0.1) is 20.3 Å². The maximum Gasteiger partial charge on any atom is 0.251 e. The molecule has 21 heavy (non-hydrogen) atoms. The summed E-state index contributed by atoms with van der Waals surface area (Å²) in [6.07, 6.45) is 0. The molecule has 0 bridgehead atoms. The molecule has 2 aromatic carbocycles. The topological polar surface area (TPSA) is 47.6 Å². The summed E-state index contributed by atoms with van der Waals surface area (Å²) in [6, 6.07) is 14.5. The first-order valence-electron chi connectivity index (χ1n) is 6.73. The zero-order valence-electron chi connectivity index (χ0n) is 12.4. The van der Waals surface area contributed by atoms with Gasteiger partial charge in [-0.15, -0.1) is 0 Å². The number of carbonyl (C=O) groups is 1. The van der Waals surface area contributed by atoms with Crippen LogP contribution >= 0.6 is 0 Å². The van der Waals surface area contributed by atoms with E-state index in [1.54, 1.807) is 26.4 Å². The predicted molar refractivity (Wildman–Crippen MR) is 81.9 cm³/mol. The maximum atomic E-state index is 12.2. The molecule has 0 aliphatic rings. The Morgan fingerprint density at radius 1 is 1.05 bits per heavy atom. The van der Waals surface area contributed by atoms with E-state index in [1.807, 2.05) is 43.3 Å². The average molecular weight is 285 g/mol. The summed E-state index contributed by atoms with van der Waals surface area (Å²) < 4.78 is 10.6. The van der Waals surface area contributed by atoms with Crippen molar-refractivity contribution in [2.45, 2.75) is 13.0 Å². The molecule has 110 valence electrons. The largest absolute Gasteiger partial charge is 0.497 e. The number of benzene rings is 2. The third-order valence-electron chi connectivity index (χ3n) is 3.29. The molecule has 0 aliphatic heterocycles. The normalized spacial score (nSPS) is 11.6. The highest BCUT2D eigenvalue weighted by Gasteiger charge is 2.16. The molecule has 4 nitrogen and oxygen atoms in total. The Labute approximate surface area is 124 Å². The Morgan fingerprint density at radius 2 is 1.76 bits per heavy atom. The number of amides is 1. The number of carbonyl (C=O) groups excluding carboxylic acids is 1. The number of hydrogen-bond acceptors (Lipinski definition) is 3. The average Bonchev–Trinajstić information content (AvgIpc) is 2.54. The Morgan fingerprint density at radius 3 is 2.38 bits per heavy atom. The Balaban J connectivity index is 2.20. The Bertz CT molecular complexity index is 611. The van der Waals surface area contributed by atoms with Crippen LogP contribution in [0.2, 0.25) is 0 Å². The zero-order chi connectivity index (χ0) is 15.2. The van der Waals surface area contributed by atoms with Crippen LogP contribution in [0.3, 0.4) is 0 Å². The summed E-state index contributed by atoms with van der Waals surface area (Å²) in [5.41, 5.74) is 1.51. The second-order valence-electron chi connectivity index (χ2n) is 4.67. The van der Waals surface area contributed by atoms with Crippen molar-refractivity contribution in [3.8, 4) is 11.5 Å². The molecule has 0 aliphatic carbocycles. The summed E-state index contributed by atoms with van der Waals surface area (Å²) in [5.74, 6) is 1.33. The van der Waals surface area contributed by atoms with Gasteiger partial charge in [-0.3, -0.25) is 4.79 Å². The fourth-order valence-corrected chi connectivity index (χ4v) is 2.13. The summed E-state index contributed by atoms with van der Waals surface area (Å²) >= 11 is 0.